The molecule has 3 aromatic rings. The van der Waals surface area contributed by atoms with E-state index in [4.69, 9.17) is 4.74 Å². The van der Waals surface area contributed by atoms with E-state index in [-0.39, 0.29) is 18.0 Å². The first-order valence-corrected chi connectivity index (χ1v) is 7.95. The molecule has 2 N–H and O–H groups in total. The van der Waals surface area contributed by atoms with Gasteiger partial charge < -0.3 is 14.9 Å². The minimum Gasteiger partial charge on any atom is -0.507 e. The maximum absolute atomic E-state index is 10.1. The molecule has 2 aromatic carbocycles. The summed E-state index contributed by atoms with van der Waals surface area (Å²) in [6, 6.07) is 13.7. The van der Waals surface area contributed by atoms with Crippen LogP contribution >= 0.6 is 0 Å². The number of aromatic hydroxyl groups is 2. The van der Waals surface area contributed by atoms with Crippen molar-refractivity contribution in [2.45, 2.75) is 13.5 Å². The van der Waals surface area contributed by atoms with E-state index in [0.717, 1.165) is 0 Å². The lowest BCUT2D eigenvalue weighted by Crippen LogP contribution is -1.92. The zero-order valence-electron chi connectivity index (χ0n) is 14.4. The molecule has 0 radical (unpaired) electrons. The molecule has 0 aliphatic rings. The molecule has 7 heteroatoms. The molecule has 0 amide bonds. The van der Waals surface area contributed by atoms with E-state index in [1.54, 1.807) is 48.5 Å². The Morgan fingerprint density at radius 2 is 1.85 bits per heavy atom. The maximum atomic E-state index is 10.1. The number of phenolic OH excluding ortho intramolecular Hbond substituents is 2. The second kappa shape index (κ2) is 7.60. The van der Waals surface area contributed by atoms with E-state index in [1.165, 1.54) is 7.11 Å². The Kier molecular flexibility index (Phi) is 5.07. The minimum absolute atomic E-state index is 0.0442. The molecule has 26 heavy (non-hydrogen) atoms. The monoisotopic (exact) mass is 350 g/mol. The SMILES string of the molecule is COc1cccc(CN=Nc2cc(C)nc(-c3ccccc3O)n2)c1O. The topological polar surface area (TPSA) is 100 Å². The molecule has 0 unspecified atom stereocenters. The van der Waals surface area contributed by atoms with Crippen LogP contribution < -0.4 is 4.74 Å². The molecular formula is C19H18N4O3. The molecule has 1 heterocycles. The number of phenols is 2. The second-order valence-corrected chi connectivity index (χ2v) is 5.58. The number of azo groups is 1. The van der Waals surface area contributed by atoms with Crippen molar-refractivity contribution in [2.75, 3.05) is 7.11 Å². The van der Waals surface area contributed by atoms with Gasteiger partial charge in [0.25, 0.3) is 0 Å². The average molecular weight is 350 g/mol. The predicted octanol–water partition coefficient (Wildman–Crippen LogP) is 4.16. The van der Waals surface area contributed by atoms with Gasteiger partial charge in [0.05, 0.1) is 19.2 Å². The second-order valence-electron chi connectivity index (χ2n) is 5.58. The first-order chi connectivity index (χ1) is 12.6. The molecular weight excluding hydrogens is 332 g/mol. The van der Waals surface area contributed by atoms with E-state index in [1.807, 2.05) is 6.92 Å². The van der Waals surface area contributed by atoms with Gasteiger partial charge in [0.15, 0.2) is 23.1 Å². The van der Waals surface area contributed by atoms with Crippen LogP contribution in [0.2, 0.25) is 0 Å². The van der Waals surface area contributed by atoms with Gasteiger partial charge in [-0.25, -0.2) is 9.97 Å². The number of methoxy groups -OCH3 is 1. The van der Waals surface area contributed by atoms with Crippen LogP contribution in [0.4, 0.5) is 5.82 Å². The number of rotatable bonds is 5. The van der Waals surface area contributed by atoms with Crippen molar-refractivity contribution >= 4 is 5.82 Å². The van der Waals surface area contributed by atoms with Gasteiger partial charge in [-0.15, -0.1) is 5.11 Å². The van der Waals surface area contributed by atoms with Gasteiger partial charge in [0.2, 0.25) is 0 Å². The zero-order valence-corrected chi connectivity index (χ0v) is 14.4. The summed E-state index contributed by atoms with van der Waals surface area (Å²) in [7, 11) is 1.49. The van der Waals surface area contributed by atoms with Crippen LogP contribution in [0.25, 0.3) is 11.4 Å². The number of benzene rings is 2. The fourth-order valence-corrected chi connectivity index (χ4v) is 2.43. The van der Waals surface area contributed by atoms with Crippen LogP contribution in [-0.2, 0) is 6.54 Å². The van der Waals surface area contributed by atoms with E-state index >= 15 is 0 Å². The Balaban J connectivity index is 1.85. The molecule has 0 bridgehead atoms. The quantitative estimate of drug-likeness (QED) is 0.673. The summed E-state index contributed by atoms with van der Waals surface area (Å²) < 4.78 is 5.08. The molecule has 132 valence electrons. The zero-order chi connectivity index (χ0) is 18.5. The predicted molar refractivity (Wildman–Crippen MR) is 96.7 cm³/mol. The van der Waals surface area contributed by atoms with Gasteiger partial charge in [-0.2, -0.15) is 5.11 Å². The maximum Gasteiger partial charge on any atom is 0.177 e. The third kappa shape index (κ3) is 3.77. The molecule has 1 aromatic heterocycles. The van der Waals surface area contributed by atoms with Gasteiger partial charge in [-0.3, -0.25) is 0 Å². The lowest BCUT2D eigenvalue weighted by Gasteiger charge is -2.06. The lowest BCUT2D eigenvalue weighted by atomic mass is 10.2. The first kappa shape index (κ1) is 17.3. The lowest BCUT2D eigenvalue weighted by molar-refractivity contribution is 0.370. The normalized spacial score (nSPS) is 11.0. The number of hydrogen-bond acceptors (Lipinski definition) is 7. The number of nitrogens with zero attached hydrogens (tertiary/aromatic N) is 4. The summed E-state index contributed by atoms with van der Waals surface area (Å²) >= 11 is 0. The van der Waals surface area contributed by atoms with Crippen molar-refractivity contribution in [1.82, 2.24) is 9.97 Å². The van der Waals surface area contributed by atoms with Crippen LogP contribution in [0.5, 0.6) is 17.2 Å². The molecule has 0 fully saturated rings. The Labute approximate surface area is 150 Å². The van der Waals surface area contributed by atoms with E-state index in [9.17, 15) is 10.2 Å². The van der Waals surface area contributed by atoms with E-state index in [2.05, 4.69) is 20.2 Å². The molecule has 0 aliphatic carbocycles. The summed E-state index contributed by atoms with van der Waals surface area (Å²) in [5.41, 5.74) is 1.83. The van der Waals surface area contributed by atoms with Crippen molar-refractivity contribution in [1.29, 1.82) is 0 Å². The van der Waals surface area contributed by atoms with Crippen molar-refractivity contribution in [3.05, 3.63) is 59.8 Å². The number of hydrogen-bond donors (Lipinski definition) is 2. The number of aromatic nitrogens is 2. The van der Waals surface area contributed by atoms with Crippen molar-refractivity contribution in [2.24, 2.45) is 10.2 Å². The molecule has 0 atom stereocenters. The Morgan fingerprint density at radius 3 is 2.62 bits per heavy atom. The summed E-state index contributed by atoms with van der Waals surface area (Å²) in [5, 5.41) is 28.3. The third-order valence-electron chi connectivity index (χ3n) is 3.70. The minimum atomic E-state index is 0.0442. The van der Waals surface area contributed by atoms with Crippen LogP contribution in [-0.4, -0.2) is 27.3 Å². The van der Waals surface area contributed by atoms with Gasteiger partial charge >= 0.3 is 0 Å². The average Bonchev–Trinajstić information content (AvgIpc) is 2.63. The molecule has 0 saturated carbocycles. The van der Waals surface area contributed by atoms with Crippen molar-refractivity contribution in [3.8, 4) is 28.6 Å². The highest BCUT2D eigenvalue weighted by atomic mass is 16.5. The summed E-state index contributed by atoms with van der Waals surface area (Å²) in [4.78, 5) is 8.67. The molecule has 3 rings (SSSR count). The molecule has 0 spiro atoms. The highest BCUT2D eigenvalue weighted by Crippen LogP contribution is 2.30. The van der Waals surface area contributed by atoms with Gasteiger partial charge in [-0.1, -0.05) is 24.3 Å². The Morgan fingerprint density at radius 1 is 1.04 bits per heavy atom. The smallest absolute Gasteiger partial charge is 0.177 e. The summed E-state index contributed by atoms with van der Waals surface area (Å²) in [6.45, 7) is 2.00. The standard InChI is InChI=1S/C19H18N4O3/c1-12-10-17(22-19(21-12)14-7-3-4-8-15(14)24)23-20-11-13-6-5-9-16(26-2)18(13)25/h3-10,24-25H,11H2,1-2H3. The van der Waals surface area contributed by atoms with Crippen molar-refractivity contribution in [3.63, 3.8) is 0 Å². The van der Waals surface area contributed by atoms with Crippen LogP contribution in [0.1, 0.15) is 11.3 Å². The molecule has 0 aliphatic heterocycles. The largest absolute Gasteiger partial charge is 0.507 e. The van der Waals surface area contributed by atoms with Crippen LogP contribution in [0, 0.1) is 6.92 Å². The van der Waals surface area contributed by atoms with E-state index < -0.39 is 0 Å². The summed E-state index contributed by atoms with van der Waals surface area (Å²) in [6.07, 6.45) is 0. The number of aryl methyl sites for hydroxylation is 1. The van der Waals surface area contributed by atoms with Gasteiger partial charge in [-0.05, 0) is 25.1 Å². The third-order valence-corrected chi connectivity index (χ3v) is 3.70. The molecule has 7 nitrogen and oxygen atoms in total. The van der Waals surface area contributed by atoms with Gasteiger partial charge in [0, 0.05) is 17.3 Å². The van der Waals surface area contributed by atoms with E-state index in [0.29, 0.717) is 34.2 Å². The van der Waals surface area contributed by atoms with Gasteiger partial charge in [0.1, 0.15) is 5.75 Å². The Hall–Kier alpha value is -3.48. The fourth-order valence-electron chi connectivity index (χ4n) is 2.43. The van der Waals surface area contributed by atoms with Crippen LogP contribution in [0.15, 0.2) is 58.8 Å². The fraction of sp³-hybridized carbons (Fsp3) is 0.158. The number of para-hydroxylation sites is 2. The Bertz CT molecular complexity index is 957. The molecule has 0 saturated heterocycles. The van der Waals surface area contributed by atoms with Crippen molar-refractivity contribution < 1.29 is 14.9 Å². The first-order valence-electron chi connectivity index (χ1n) is 7.95. The highest BCUT2D eigenvalue weighted by molar-refractivity contribution is 5.64. The number of ether oxygens (including phenoxy) is 1. The van der Waals surface area contributed by atoms with Crippen LogP contribution in [0.3, 0.4) is 0 Å². The highest BCUT2D eigenvalue weighted by Gasteiger charge is 2.09. The summed E-state index contributed by atoms with van der Waals surface area (Å²) in [5.74, 6) is 1.28.